The Morgan fingerprint density at radius 1 is 1.14 bits per heavy atom. The molecular weight excluding hydrogens is 260 g/mol. The smallest absolute Gasteiger partial charge is 0.255 e. The predicted octanol–water partition coefficient (Wildman–Crippen LogP) is 3.69. The molecule has 0 aliphatic rings. The fourth-order valence-electron chi connectivity index (χ4n) is 2.34. The molecule has 1 N–H and O–H groups in total. The Morgan fingerprint density at radius 3 is 2.24 bits per heavy atom. The van der Waals surface area contributed by atoms with Gasteiger partial charge in [-0.2, -0.15) is 0 Å². The van der Waals surface area contributed by atoms with Crippen molar-refractivity contribution in [2.45, 2.75) is 79.4 Å². The maximum atomic E-state index is 12.8. The molecule has 0 saturated carbocycles. The van der Waals surface area contributed by atoms with Crippen LogP contribution in [0.2, 0.25) is 0 Å². The summed E-state index contributed by atoms with van der Waals surface area (Å²) in [4.78, 5) is 12.8. The second kappa shape index (κ2) is 7.26. The summed E-state index contributed by atoms with van der Waals surface area (Å²) >= 11 is 0. The Bertz CT molecular complexity index is 507. The van der Waals surface area contributed by atoms with Crippen LogP contribution in [0.25, 0.3) is 0 Å². The standard InChI is InChI=1S/C18H32N2O/c1-13(2)10-11-20-16(18(5,6)7)9-8-15(17(20)21)12-19-14(3)4/h8-9,13-14,19H,10-12H2,1-7H3. The van der Waals surface area contributed by atoms with E-state index in [1.807, 2.05) is 10.6 Å². The second-order valence-electron chi connectivity index (χ2n) is 7.67. The van der Waals surface area contributed by atoms with Gasteiger partial charge in [-0.1, -0.05) is 54.5 Å². The molecule has 0 amide bonds. The summed E-state index contributed by atoms with van der Waals surface area (Å²) in [5, 5.41) is 3.34. The molecule has 1 heterocycles. The third-order valence-corrected chi connectivity index (χ3v) is 3.65. The maximum absolute atomic E-state index is 12.8. The Hall–Kier alpha value is -1.09. The third kappa shape index (κ3) is 5.31. The molecule has 21 heavy (non-hydrogen) atoms. The van der Waals surface area contributed by atoms with Crippen LogP contribution in [0, 0.1) is 5.92 Å². The highest BCUT2D eigenvalue weighted by atomic mass is 16.1. The van der Waals surface area contributed by atoms with Crippen LogP contribution in [0.4, 0.5) is 0 Å². The normalized spacial score (nSPS) is 12.4. The van der Waals surface area contributed by atoms with Crippen molar-refractivity contribution in [2.24, 2.45) is 5.92 Å². The molecule has 0 aromatic carbocycles. The van der Waals surface area contributed by atoms with Crippen molar-refractivity contribution in [2.75, 3.05) is 0 Å². The van der Waals surface area contributed by atoms with Gasteiger partial charge < -0.3 is 9.88 Å². The zero-order chi connectivity index (χ0) is 16.2. The summed E-state index contributed by atoms with van der Waals surface area (Å²) in [5.74, 6) is 0.599. The summed E-state index contributed by atoms with van der Waals surface area (Å²) in [6.45, 7) is 16.5. The van der Waals surface area contributed by atoms with Gasteiger partial charge in [-0.3, -0.25) is 4.79 Å². The topological polar surface area (TPSA) is 34.0 Å². The van der Waals surface area contributed by atoms with Gasteiger partial charge in [0.2, 0.25) is 0 Å². The summed E-state index contributed by atoms with van der Waals surface area (Å²) in [6.07, 6.45) is 1.03. The lowest BCUT2D eigenvalue weighted by Gasteiger charge is -2.25. The van der Waals surface area contributed by atoms with Crippen LogP contribution in [-0.4, -0.2) is 10.6 Å². The predicted molar refractivity (Wildman–Crippen MR) is 90.8 cm³/mol. The number of pyridine rings is 1. The molecule has 0 aliphatic heterocycles. The van der Waals surface area contributed by atoms with Gasteiger partial charge >= 0.3 is 0 Å². The first-order chi connectivity index (χ1) is 9.62. The summed E-state index contributed by atoms with van der Waals surface area (Å²) in [7, 11) is 0. The van der Waals surface area contributed by atoms with E-state index < -0.39 is 0 Å². The van der Waals surface area contributed by atoms with E-state index >= 15 is 0 Å². The molecule has 0 bridgehead atoms. The number of rotatable bonds is 6. The summed E-state index contributed by atoms with van der Waals surface area (Å²) in [6, 6.07) is 4.50. The molecule has 3 nitrogen and oxygen atoms in total. The minimum absolute atomic E-state index is 0.0137. The molecule has 3 heteroatoms. The SMILES string of the molecule is CC(C)CCn1c(C(C)(C)C)ccc(CNC(C)C)c1=O. The number of hydrogen-bond donors (Lipinski definition) is 1. The van der Waals surface area contributed by atoms with Crippen LogP contribution in [0.15, 0.2) is 16.9 Å². The molecule has 1 aromatic rings. The lowest BCUT2D eigenvalue weighted by molar-refractivity contribution is 0.451. The number of nitrogens with one attached hydrogen (secondary N) is 1. The number of nitrogens with zero attached hydrogens (tertiary/aromatic N) is 1. The van der Waals surface area contributed by atoms with E-state index in [2.05, 4.69) is 59.8 Å². The van der Waals surface area contributed by atoms with Gasteiger partial charge in [-0.15, -0.1) is 0 Å². The van der Waals surface area contributed by atoms with Crippen molar-refractivity contribution in [3.05, 3.63) is 33.7 Å². The largest absolute Gasteiger partial charge is 0.312 e. The molecular formula is C18H32N2O. The molecule has 0 aliphatic carbocycles. The highest BCUT2D eigenvalue weighted by Crippen LogP contribution is 2.22. The molecule has 0 atom stereocenters. The van der Waals surface area contributed by atoms with Gasteiger partial charge in [0.15, 0.2) is 0 Å². The molecule has 1 aromatic heterocycles. The molecule has 0 saturated heterocycles. The highest BCUT2D eigenvalue weighted by molar-refractivity contribution is 5.21. The summed E-state index contributed by atoms with van der Waals surface area (Å²) < 4.78 is 1.98. The Balaban J connectivity index is 3.18. The van der Waals surface area contributed by atoms with E-state index in [1.165, 1.54) is 0 Å². The van der Waals surface area contributed by atoms with Crippen LogP contribution in [0.5, 0.6) is 0 Å². The van der Waals surface area contributed by atoms with Crippen LogP contribution in [-0.2, 0) is 18.5 Å². The quantitative estimate of drug-likeness (QED) is 0.867. The van der Waals surface area contributed by atoms with E-state index in [1.54, 1.807) is 0 Å². The third-order valence-electron chi connectivity index (χ3n) is 3.65. The first-order valence-electron chi connectivity index (χ1n) is 8.09. The zero-order valence-corrected chi connectivity index (χ0v) is 14.8. The molecule has 0 unspecified atom stereocenters. The lowest BCUT2D eigenvalue weighted by atomic mass is 9.90. The maximum Gasteiger partial charge on any atom is 0.255 e. The van der Waals surface area contributed by atoms with Gasteiger partial charge in [-0.05, 0) is 18.4 Å². The van der Waals surface area contributed by atoms with Crippen molar-refractivity contribution in [3.8, 4) is 0 Å². The fourth-order valence-corrected chi connectivity index (χ4v) is 2.34. The van der Waals surface area contributed by atoms with E-state index in [4.69, 9.17) is 0 Å². The zero-order valence-electron chi connectivity index (χ0n) is 14.8. The van der Waals surface area contributed by atoms with Crippen molar-refractivity contribution in [3.63, 3.8) is 0 Å². The lowest BCUT2D eigenvalue weighted by Crippen LogP contribution is -2.34. The second-order valence-corrected chi connectivity index (χ2v) is 7.67. The van der Waals surface area contributed by atoms with Crippen LogP contribution in [0.1, 0.15) is 66.1 Å². The van der Waals surface area contributed by atoms with E-state index in [9.17, 15) is 4.79 Å². The minimum Gasteiger partial charge on any atom is -0.312 e. The monoisotopic (exact) mass is 292 g/mol. The summed E-state index contributed by atoms with van der Waals surface area (Å²) in [5.41, 5.74) is 2.14. The number of hydrogen-bond acceptors (Lipinski definition) is 2. The van der Waals surface area contributed by atoms with Gasteiger partial charge in [0, 0.05) is 35.8 Å². The van der Waals surface area contributed by atoms with Crippen molar-refractivity contribution in [1.82, 2.24) is 9.88 Å². The first kappa shape index (κ1) is 18.0. The Labute approximate surface area is 129 Å². The molecule has 0 spiro atoms. The molecule has 120 valence electrons. The van der Waals surface area contributed by atoms with Crippen LogP contribution in [0.3, 0.4) is 0 Å². The minimum atomic E-state index is -0.0137. The van der Waals surface area contributed by atoms with Gasteiger partial charge in [-0.25, -0.2) is 0 Å². The van der Waals surface area contributed by atoms with Crippen molar-refractivity contribution >= 4 is 0 Å². The van der Waals surface area contributed by atoms with E-state index in [0.717, 1.165) is 24.2 Å². The van der Waals surface area contributed by atoms with Crippen LogP contribution < -0.4 is 10.9 Å². The Morgan fingerprint density at radius 2 is 1.76 bits per heavy atom. The Kier molecular flexibility index (Phi) is 6.21. The van der Waals surface area contributed by atoms with E-state index in [-0.39, 0.29) is 11.0 Å². The highest BCUT2D eigenvalue weighted by Gasteiger charge is 2.20. The van der Waals surface area contributed by atoms with Crippen LogP contribution >= 0.6 is 0 Å². The fraction of sp³-hybridized carbons (Fsp3) is 0.722. The average Bonchev–Trinajstić information content (AvgIpc) is 2.33. The molecule has 0 fully saturated rings. The molecule has 1 rings (SSSR count). The van der Waals surface area contributed by atoms with Gasteiger partial charge in [0.05, 0.1) is 0 Å². The molecule has 0 radical (unpaired) electrons. The van der Waals surface area contributed by atoms with Crippen molar-refractivity contribution in [1.29, 1.82) is 0 Å². The van der Waals surface area contributed by atoms with E-state index in [0.29, 0.717) is 18.5 Å². The van der Waals surface area contributed by atoms with Gasteiger partial charge in [0.1, 0.15) is 0 Å². The van der Waals surface area contributed by atoms with Gasteiger partial charge in [0.25, 0.3) is 5.56 Å². The average molecular weight is 292 g/mol. The first-order valence-corrected chi connectivity index (χ1v) is 8.09. The van der Waals surface area contributed by atoms with Crippen molar-refractivity contribution < 1.29 is 0 Å². The number of aromatic nitrogens is 1.